The second kappa shape index (κ2) is 4.23. The molecule has 0 saturated carbocycles. The SMILES string of the molecule is Cc1cc(Br)ccc1OC(C)(C)C(=O)O. The Hall–Kier alpha value is -1.03. The van der Waals surface area contributed by atoms with Gasteiger partial charge in [0, 0.05) is 4.47 Å². The maximum absolute atomic E-state index is 10.9. The number of rotatable bonds is 3. The van der Waals surface area contributed by atoms with Gasteiger partial charge in [0.15, 0.2) is 5.60 Å². The normalized spacial score (nSPS) is 11.2. The second-order valence-corrected chi connectivity index (χ2v) is 4.74. The van der Waals surface area contributed by atoms with Crippen molar-refractivity contribution in [2.24, 2.45) is 0 Å². The van der Waals surface area contributed by atoms with E-state index < -0.39 is 11.6 Å². The Bertz CT molecular complexity index is 385. The van der Waals surface area contributed by atoms with E-state index in [0.717, 1.165) is 10.0 Å². The van der Waals surface area contributed by atoms with Crippen LogP contribution in [0, 0.1) is 6.92 Å². The molecule has 0 amide bonds. The third-order valence-electron chi connectivity index (χ3n) is 2.02. The summed E-state index contributed by atoms with van der Waals surface area (Å²) < 4.78 is 6.37. The summed E-state index contributed by atoms with van der Waals surface area (Å²) >= 11 is 3.33. The number of halogens is 1. The van der Waals surface area contributed by atoms with Gasteiger partial charge in [-0.05, 0) is 44.5 Å². The third kappa shape index (κ3) is 2.96. The number of aryl methyl sites for hydroxylation is 1. The summed E-state index contributed by atoms with van der Waals surface area (Å²) in [7, 11) is 0. The molecule has 0 bridgehead atoms. The van der Waals surface area contributed by atoms with Gasteiger partial charge >= 0.3 is 5.97 Å². The number of aliphatic carboxylic acids is 1. The Kier molecular flexibility index (Phi) is 3.39. The first kappa shape index (κ1) is 12.0. The van der Waals surface area contributed by atoms with Crippen molar-refractivity contribution in [1.29, 1.82) is 0 Å². The molecule has 0 atom stereocenters. The minimum atomic E-state index is -1.21. The quantitative estimate of drug-likeness (QED) is 0.920. The molecule has 0 saturated heterocycles. The molecule has 82 valence electrons. The van der Waals surface area contributed by atoms with Crippen LogP contribution in [0.4, 0.5) is 0 Å². The number of hydrogen-bond donors (Lipinski definition) is 1. The molecule has 1 aromatic rings. The van der Waals surface area contributed by atoms with Gasteiger partial charge in [-0.2, -0.15) is 0 Å². The standard InChI is InChI=1S/C11H13BrO3/c1-7-6-8(12)4-5-9(7)15-11(2,3)10(13)14/h4-6H,1-3H3,(H,13,14). The van der Waals surface area contributed by atoms with Crippen molar-refractivity contribution in [2.45, 2.75) is 26.4 Å². The Morgan fingerprint density at radius 1 is 1.47 bits per heavy atom. The number of benzene rings is 1. The van der Waals surface area contributed by atoms with Crippen LogP contribution < -0.4 is 4.74 Å². The predicted octanol–water partition coefficient (Wildman–Crippen LogP) is 3.00. The fraction of sp³-hybridized carbons (Fsp3) is 0.364. The summed E-state index contributed by atoms with van der Waals surface area (Å²) in [6.45, 7) is 4.92. The molecule has 0 aliphatic carbocycles. The predicted molar refractivity (Wildman–Crippen MR) is 61.2 cm³/mol. The highest BCUT2D eigenvalue weighted by atomic mass is 79.9. The molecule has 0 unspecified atom stereocenters. The highest BCUT2D eigenvalue weighted by molar-refractivity contribution is 9.10. The molecule has 4 heteroatoms. The molecule has 0 aromatic heterocycles. The van der Waals surface area contributed by atoms with E-state index in [1.807, 2.05) is 19.1 Å². The molecule has 1 N–H and O–H groups in total. The van der Waals surface area contributed by atoms with Gasteiger partial charge in [0.1, 0.15) is 5.75 Å². The van der Waals surface area contributed by atoms with Crippen LogP contribution >= 0.6 is 15.9 Å². The van der Waals surface area contributed by atoms with Crippen molar-refractivity contribution in [3.8, 4) is 5.75 Å². The van der Waals surface area contributed by atoms with E-state index in [0.29, 0.717) is 5.75 Å². The highest BCUT2D eigenvalue weighted by Crippen LogP contribution is 2.25. The van der Waals surface area contributed by atoms with E-state index in [-0.39, 0.29) is 0 Å². The van der Waals surface area contributed by atoms with E-state index in [4.69, 9.17) is 9.84 Å². The molecule has 0 spiro atoms. The molecule has 3 nitrogen and oxygen atoms in total. The minimum Gasteiger partial charge on any atom is -0.478 e. The summed E-state index contributed by atoms with van der Waals surface area (Å²) in [6, 6.07) is 5.46. The Balaban J connectivity index is 2.95. The zero-order chi connectivity index (χ0) is 11.6. The number of carboxylic acid groups (broad SMARTS) is 1. The first-order chi connectivity index (χ1) is 6.83. The number of carbonyl (C=O) groups is 1. The molecule has 15 heavy (non-hydrogen) atoms. The van der Waals surface area contributed by atoms with Gasteiger partial charge < -0.3 is 9.84 Å². The lowest BCUT2D eigenvalue weighted by atomic mass is 10.1. The smallest absolute Gasteiger partial charge is 0.347 e. The van der Waals surface area contributed by atoms with Crippen LogP contribution in [0.15, 0.2) is 22.7 Å². The van der Waals surface area contributed by atoms with Crippen LogP contribution in [0.5, 0.6) is 5.75 Å². The molecule has 1 rings (SSSR count). The molecule has 0 aliphatic heterocycles. The summed E-state index contributed by atoms with van der Waals surface area (Å²) in [4.78, 5) is 10.9. The fourth-order valence-corrected chi connectivity index (χ4v) is 1.52. The zero-order valence-corrected chi connectivity index (χ0v) is 10.5. The van der Waals surface area contributed by atoms with Crippen LogP contribution in [0.2, 0.25) is 0 Å². The molecule has 0 aliphatic rings. The van der Waals surface area contributed by atoms with Crippen LogP contribution in [-0.2, 0) is 4.79 Å². The largest absolute Gasteiger partial charge is 0.478 e. The van der Waals surface area contributed by atoms with E-state index in [1.165, 1.54) is 13.8 Å². The van der Waals surface area contributed by atoms with Crippen molar-refractivity contribution in [3.63, 3.8) is 0 Å². The van der Waals surface area contributed by atoms with E-state index >= 15 is 0 Å². The summed E-state index contributed by atoms with van der Waals surface area (Å²) in [5.41, 5.74) is -0.308. The van der Waals surface area contributed by atoms with E-state index in [2.05, 4.69) is 15.9 Å². The van der Waals surface area contributed by atoms with Crippen molar-refractivity contribution < 1.29 is 14.6 Å². The van der Waals surface area contributed by atoms with E-state index in [1.54, 1.807) is 6.07 Å². The number of ether oxygens (including phenoxy) is 1. The maximum Gasteiger partial charge on any atom is 0.347 e. The highest BCUT2D eigenvalue weighted by Gasteiger charge is 2.29. The van der Waals surface area contributed by atoms with Gasteiger partial charge in [-0.15, -0.1) is 0 Å². The van der Waals surface area contributed by atoms with Crippen LogP contribution in [0.25, 0.3) is 0 Å². The van der Waals surface area contributed by atoms with Gasteiger partial charge in [-0.1, -0.05) is 15.9 Å². The van der Waals surface area contributed by atoms with Crippen molar-refractivity contribution in [2.75, 3.05) is 0 Å². The summed E-state index contributed by atoms with van der Waals surface area (Å²) in [5, 5.41) is 8.91. The Morgan fingerprint density at radius 2 is 2.07 bits per heavy atom. The minimum absolute atomic E-state index is 0.589. The lowest BCUT2D eigenvalue weighted by Gasteiger charge is -2.22. The molecule has 0 heterocycles. The summed E-state index contributed by atoms with van der Waals surface area (Å²) in [5.74, 6) is -0.393. The lowest BCUT2D eigenvalue weighted by Crippen LogP contribution is -2.38. The average Bonchev–Trinajstić information content (AvgIpc) is 2.09. The molecule has 0 radical (unpaired) electrons. The Morgan fingerprint density at radius 3 is 2.53 bits per heavy atom. The van der Waals surface area contributed by atoms with Crippen LogP contribution in [0.1, 0.15) is 19.4 Å². The van der Waals surface area contributed by atoms with Crippen molar-refractivity contribution in [3.05, 3.63) is 28.2 Å². The molecule has 1 aromatic carbocycles. The zero-order valence-electron chi connectivity index (χ0n) is 8.87. The van der Waals surface area contributed by atoms with Gasteiger partial charge in [0.25, 0.3) is 0 Å². The van der Waals surface area contributed by atoms with Crippen molar-refractivity contribution in [1.82, 2.24) is 0 Å². The molecule has 0 fully saturated rings. The van der Waals surface area contributed by atoms with Gasteiger partial charge in [0.05, 0.1) is 0 Å². The van der Waals surface area contributed by atoms with E-state index in [9.17, 15) is 4.79 Å². The van der Waals surface area contributed by atoms with Gasteiger partial charge in [-0.3, -0.25) is 0 Å². The summed E-state index contributed by atoms with van der Waals surface area (Å²) in [6.07, 6.45) is 0. The third-order valence-corrected chi connectivity index (χ3v) is 2.51. The lowest BCUT2D eigenvalue weighted by molar-refractivity contribution is -0.152. The van der Waals surface area contributed by atoms with Crippen molar-refractivity contribution >= 4 is 21.9 Å². The second-order valence-electron chi connectivity index (χ2n) is 3.83. The first-order valence-electron chi connectivity index (χ1n) is 4.51. The average molecular weight is 273 g/mol. The van der Waals surface area contributed by atoms with Gasteiger partial charge in [0.2, 0.25) is 0 Å². The van der Waals surface area contributed by atoms with Crippen LogP contribution in [0.3, 0.4) is 0 Å². The molecular formula is C11H13BrO3. The van der Waals surface area contributed by atoms with Crippen LogP contribution in [-0.4, -0.2) is 16.7 Å². The first-order valence-corrected chi connectivity index (χ1v) is 5.31. The van der Waals surface area contributed by atoms with Gasteiger partial charge in [-0.25, -0.2) is 4.79 Å². The topological polar surface area (TPSA) is 46.5 Å². The number of hydrogen-bond acceptors (Lipinski definition) is 2. The Labute approximate surface area is 97.2 Å². The fourth-order valence-electron chi connectivity index (χ4n) is 1.05. The molecular weight excluding hydrogens is 260 g/mol. The number of carboxylic acids is 1. The monoisotopic (exact) mass is 272 g/mol. The maximum atomic E-state index is 10.9.